The summed E-state index contributed by atoms with van der Waals surface area (Å²) in [5, 5.41) is 30.2. The highest BCUT2D eigenvalue weighted by atomic mass is 16.6. The standard InChI is InChI=1S/C12H12N2O7/c1-6-2-3-7(4-9(6)14(20)21)11(17)13-8(12(18)19)5-10(15)16/h2-4,8H,5H2,1H3,(H,13,17)(H,15,16)(H,18,19)/t8-/m0/s1. The van der Waals surface area contributed by atoms with E-state index in [9.17, 15) is 24.5 Å². The van der Waals surface area contributed by atoms with Crippen molar-refractivity contribution in [2.24, 2.45) is 0 Å². The summed E-state index contributed by atoms with van der Waals surface area (Å²) < 4.78 is 0. The maximum Gasteiger partial charge on any atom is 0.326 e. The van der Waals surface area contributed by atoms with Crippen molar-refractivity contribution in [2.75, 3.05) is 0 Å². The number of rotatable bonds is 6. The summed E-state index contributed by atoms with van der Waals surface area (Å²) in [7, 11) is 0. The molecule has 0 heterocycles. The van der Waals surface area contributed by atoms with Crippen molar-refractivity contribution < 1.29 is 29.5 Å². The number of nitrogens with one attached hydrogen (secondary N) is 1. The molecule has 1 rings (SSSR count). The second kappa shape index (κ2) is 6.46. The predicted molar refractivity (Wildman–Crippen MR) is 69.0 cm³/mol. The third kappa shape index (κ3) is 4.27. The first-order valence-electron chi connectivity index (χ1n) is 5.73. The number of hydrogen-bond donors (Lipinski definition) is 3. The molecule has 0 aliphatic heterocycles. The maximum absolute atomic E-state index is 11.8. The van der Waals surface area contributed by atoms with Crippen molar-refractivity contribution in [3.05, 3.63) is 39.4 Å². The Kier molecular flexibility index (Phi) is 4.95. The summed E-state index contributed by atoms with van der Waals surface area (Å²) in [6, 6.07) is 2.03. The van der Waals surface area contributed by atoms with Crippen LogP contribution in [0, 0.1) is 17.0 Å². The van der Waals surface area contributed by atoms with Crippen LogP contribution in [-0.4, -0.2) is 39.0 Å². The van der Waals surface area contributed by atoms with E-state index in [1.807, 2.05) is 5.32 Å². The van der Waals surface area contributed by atoms with E-state index in [0.717, 1.165) is 6.07 Å². The second-order valence-electron chi connectivity index (χ2n) is 4.22. The number of carbonyl (C=O) groups excluding carboxylic acids is 1. The highest BCUT2D eigenvalue weighted by molar-refractivity contribution is 5.97. The normalized spacial score (nSPS) is 11.5. The van der Waals surface area contributed by atoms with E-state index in [4.69, 9.17) is 10.2 Å². The fourth-order valence-corrected chi connectivity index (χ4v) is 1.56. The molecule has 0 saturated carbocycles. The summed E-state index contributed by atoms with van der Waals surface area (Å²) in [4.78, 5) is 43.3. The fourth-order valence-electron chi connectivity index (χ4n) is 1.56. The van der Waals surface area contributed by atoms with Crippen molar-refractivity contribution in [1.29, 1.82) is 0 Å². The van der Waals surface area contributed by atoms with E-state index in [2.05, 4.69) is 0 Å². The van der Waals surface area contributed by atoms with Gasteiger partial charge in [0, 0.05) is 17.2 Å². The average Bonchev–Trinajstić information content (AvgIpc) is 2.37. The molecule has 9 nitrogen and oxygen atoms in total. The molecule has 0 radical (unpaired) electrons. The van der Waals surface area contributed by atoms with E-state index in [1.165, 1.54) is 19.1 Å². The highest BCUT2D eigenvalue weighted by Gasteiger charge is 2.24. The van der Waals surface area contributed by atoms with Crippen LogP contribution in [0.15, 0.2) is 18.2 Å². The molecule has 1 aromatic carbocycles. The lowest BCUT2D eigenvalue weighted by Crippen LogP contribution is -2.42. The number of carboxylic acids is 2. The largest absolute Gasteiger partial charge is 0.481 e. The number of aliphatic carboxylic acids is 2. The monoisotopic (exact) mass is 296 g/mol. The lowest BCUT2D eigenvalue weighted by Gasteiger charge is -2.12. The van der Waals surface area contributed by atoms with Crippen LogP contribution in [0.1, 0.15) is 22.3 Å². The van der Waals surface area contributed by atoms with Crippen molar-refractivity contribution >= 4 is 23.5 Å². The van der Waals surface area contributed by atoms with Crippen LogP contribution >= 0.6 is 0 Å². The van der Waals surface area contributed by atoms with Gasteiger partial charge in [-0.25, -0.2) is 4.79 Å². The van der Waals surface area contributed by atoms with Gasteiger partial charge in [-0.1, -0.05) is 6.07 Å². The predicted octanol–water partition coefficient (Wildman–Crippen LogP) is 0.561. The van der Waals surface area contributed by atoms with Crippen LogP contribution in [-0.2, 0) is 9.59 Å². The molecule has 0 aliphatic rings. The SMILES string of the molecule is Cc1ccc(C(=O)N[C@@H](CC(=O)O)C(=O)O)cc1[N+](=O)[O-]. The van der Waals surface area contributed by atoms with Crippen molar-refractivity contribution in [3.63, 3.8) is 0 Å². The Morgan fingerprint density at radius 2 is 1.95 bits per heavy atom. The van der Waals surface area contributed by atoms with E-state index in [0.29, 0.717) is 5.56 Å². The molecule has 9 heteroatoms. The molecule has 0 aromatic heterocycles. The molecular formula is C12H12N2O7. The van der Waals surface area contributed by atoms with Crippen molar-refractivity contribution in [2.45, 2.75) is 19.4 Å². The number of carboxylic acid groups (broad SMARTS) is 2. The number of aryl methyl sites for hydroxylation is 1. The number of hydrogen-bond acceptors (Lipinski definition) is 5. The van der Waals surface area contributed by atoms with Gasteiger partial charge >= 0.3 is 11.9 Å². The van der Waals surface area contributed by atoms with Crippen LogP contribution in [0.4, 0.5) is 5.69 Å². The summed E-state index contributed by atoms with van der Waals surface area (Å²) in [5.41, 5.74) is -0.0615. The summed E-state index contributed by atoms with van der Waals surface area (Å²) in [5.74, 6) is -3.79. The van der Waals surface area contributed by atoms with Gasteiger partial charge in [0.2, 0.25) is 0 Å². The Morgan fingerprint density at radius 3 is 2.43 bits per heavy atom. The van der Waals surface area contributed by atoms with Crippen LogP contribution in [0.5, 0.6) is 0 Å². The number of nitrogens with zero attached hydrogens (tertiary/aromatic N) is 1. The van der Waals surface area contributed by atoms with Crippen LogP contribution in [0.2, 0.25) is 0 Å². The Labute approximate surface area is 118 Å². The number of benzene rings is 1. The van der Waals surface area contributed by atoms with Gasteiger partial charge < -0.3 is 15.5 Å². The Hall–Kier alpha value is -2.97. The lowest BCUT2D eigenvalue weighted by atomic mass is 10.1. The molecule has 0 spiro atoms. The van der Waals surface area contributed by atoms with Crippen LogP contribution in [0.3, 0.4) is 0 Å². The van der Waals surface area contributed by atoms with Crippen LogP contribution < -0.4 is 5.32 Å². The number of amides is 1. The quantitative estimate of drug-likeness (QED) is 0.513. The minimum Gasteiger partial charge on any atom is -0.481 e. The van der Waals surface area contributed by atoms with Crippen molar-refractivity contribution in [1.82, 2.24) is 5.32 Å². The number of nitro benzene ring substituents is 1. The van der Waals surface area contributed by atoms with Gasteiger partial charge in [-0.05, 0) is 13.0 Å². The van der Waals surface area contributed by atoms with E-state index in [-0.39, 0.29) is 11.3 Å². The lowest BCUT2D eigenvalue weighted by molar-refractivity contribution is -0.385. The topological polar surface area (TPSA) is 147 Å². The van der Waals surface area contributed by atoms with Gasteiger partial charge in [0.05, 0.1) is 11.3 Å². The number of nitro groups is 1. The third-order valence-corrected chi connectivity index (χ3v) is 2.65. The molecule has 0 aliphatic carbocycles. The number of carbonyl (C=O) groups is 3. The summed E-state index contributed by atoms with van der Waals surface area (Å²) >= 11 is 0. The first kappa shape index (κ1) is 16.1. The van der Waals surface area contributed by atoms with Gasteiger partial charge in [0.1, 0.15) is 6.04 Å². The van der Waals surface area contributed by atoms with E-state index < -0.39 is 35.2 Å². The van der Waals surface area contributed by atoms with Gasteiger partial charge in [-0.15, -0.1) is 0 Å². The molecule has 21 heavy (non-hydrogen) atoms. The zero-order valence-corrected chi connectivity index (χ0v) is 10.9. The third-order valence-electron chi connectivity index (χ3n) is 2.65. The Morgan fingerprint density at radius 1 is 1.33 bits per heavy atom. The molecule has 3 N–H and O–H groups in total. The van der Waals surface area contributed by atoms with Gasteiger partial charge in [0.25, 0.3) is 11.6 Å². The minimum atomic E-state index is -1.62. The molecule has 1 atom stereocenters. The highest BCUT2D eigenvalue weighted by Crippen LogP contribution is 2.19. The molecule has 1 amide bonds. The summed E-state index contributed by atoms with van der Waals surface area (Å²) in [6.07, 6.45) is -0.797. The molecule has 0 unspecified atom stereocenters. The first-order chi connectivity index (χ1) is 9.72. The zero-order valence-electron chi connectivity index (χ0n) is 10.9. The molecule has 112 valence electrons. The van der Waals surface area contributed by atoms with Crippen LogP contribution in [0.25, 0.3) is 0 Å². The minimum absolute atomic E-state index is 0.121. The maximum atomic E-state index is 11.8. The van der Waals surface area contributed by atoms with E-state index in [1.54, 1.807) is 0 Å². The molecular weight excluding hydrogens is 284 g/mol. The van der Waals surface area contributed by atoms with Gasteiger partial charge in [-0.2, -0.15) is 0 Å². The summed E-state index contributed by atoms with van der Waals surface area (Å²) in [6.45, 7) is 1.49. The Balaban J connectivity index is 2.97. The van der Waals surface area contributed by atoms with Crippen molar-refractivity contribution in [3.8, 4) is 0 Å². The first-order valence-corrected chi connectivity index (χ1v) is 5.73. The molecule has 0 fully saturated rings. The zero-order chi connectivity index (χ0) is 16.2. The van der Waals surface area contributed by atoms with Gasteiger partial charge in [0.15, 0.2) is 0 Å². The fraction of sp³-hybridized carbons (Fsp3) is 0.250. The molecule has 0 saturated heterocycles. The van der Waals surface area contributed by atoms with Gasteiger partial charge in [-0.3, -0.25) is 19.7 Å². The van der Waals surface area contributed by atoms with E-state index >= 15 is 0 Å². The molecule has 0 bridgehead atoms. The molecule has 1 aromatic rings. The average molecular weight is 296 g/mol. The smallest absolute Gasteiger partial charge is 0.326 e. The second-order valence-corrected chi connectivity index (χ2v) is 4.22. The Bertz CT molecular complexity index is 612.